The van der Waals surface area contributed by atoms with E-state index in [-0.39, 0.29) is 0 Å². The van der Waals surface area contributed by atoms with Crippen LogP contribution in [0.25, 0.3) is 0 Å². The summed E-state index contributed by atoms with van der Waals surface area (Å²) in [6.45, 7) is 3.18. The van der Waals surface area contributed by atoms with Crippen LogP contribution in [0, 0.1) is 11.8 Å². The first-order valence-corrected chi connectivity index (χ1v) is 5.74. The highest BCUT2D eigenvalue weighted by atomic mass is 16.5. The minimum absolute atomic E-state index is 0.469. The van der Waals surface area contributed by atoms with Gasteiger partial charge in [0.25, 0.3) is 0 Å². The molecule has 2 nitrogen and oxygen atoms in total. The van der Waals surface area contributed by atoms with Crippen molar-refractivity contribution in [3.8, 4) is 17.6 Å². The van der Waals surface area contributed by atoms with Gasteiger partial charge in [-0.1, -0.05) is 24.1 Å². The van der Waals surface area contributed by atoms with Crippen molar-refractivity contribution in [1.29, 1.82) is 0 Å². The molecule has 2 heteroatoms. The molecule has 0 aromatic heterocycles. The van der Waals surface area contributed by atoms with E-state index in [1.54, 1.807) is 0 Å². The molecule has 0 bridgehead atoms. The molecule has 84 valence electrons. The van der Waals surface area contributed by atoms with E-state index >= 15 is 0 Å². The number of ether oxygens (including phenoxy) is 1. The van der Waals surface area contributed by atoms with Gasteiger partial charge in [0.1, 0.15) is 12.4 Å². The smallest absolute Gasteiger partial charge is 0.149 e. The van der Waals surface area contributed by atoms with Crippen molar-refractivity contribution >= 4 is 0 Å². The Labute approximate surface area is 97.0 Å². The van der Waals surface area contributed by atoms with Gasteiger partial charge in [-0.15, -0.1) is 5.92 Å². The maximum absolute atomic E-state index is 5.62. The van der Waals surface area contributed by atoms with E-state index in [2.05, 4.69) is 23.2 Å². The van der Waals surface area contributed by atoms with Crippen molar-refractivity contribution in [2.24, 2.45) is 0 Å². The third-order valence-electron chi connectivity index (χ3n) is 2.61. The van der Waals surface area contributed by atoms with Gasteiger partial charge in [-0.05, 0) is 25.8 Å². The van der Waals surface area contributed by atoms with Crippen LogP contribution >= 0.6 is 0 Å². The van der Waals surface area contributed by atoms with Crippen molar-refractivity contribution < 1.29 is 4.74 Å². The standard InChI is InChI=1S/C14H17NO/c1-2-3-10-16-14-7-5-4-6-12(14)11-15-13-8-9-13/h4-7,13,15H,8-11H2,1H3. The lowest BCUT2D eigenvalue weighted by Crippen LogP contribution is -2.16. The first kappa shape index (κ1) is 11.0. The quantitative estimate of drug-likeness (QED) is 0.761. The van der Waals surface area contributed by atoms with E-state index in [1.807, 2.05) is 25.1 Å². The predicted octanol–water partition coefficient (Wildman–Crippen LogP) is 2.34. The summed E-state index contributed by atoms with van der Waals surface area (Å²) >= 11 is 0. The van der Waals surface area contributed by atoms with Crippen molar-refractivity contribution in [2.45, 2.75) is 32.4 Å². The van der Waals surface area contributed by atoms with Gasteiger partial charge in [-0.3, -0.25) is 0 Å². The molecule has 16 heavy (non-hydrogen) atoms. The van der Waals surface area contributed by atoms with E-state index in [0.29, 0.717) is 6.61 Å². The van der Waals surface area contributed by atoms with Crippen molar-refractivity contribution in [3.05, 3.63) is 29.8 Å². The van der Waals surface area contributed by atoms with Crippen LogP contribution in [0.2, 0.25) is 0 Å². The zero-order valence-electron chi connectivity index (χ0n) is 9.62. The van der Waals surface area contributed by atoms with Crippen LogP contribution in [0.4, 0.5) is 0 Å². The molecule has 1 fully saturated rings. The lowest BCUT2D eigenvalue weighted by Gasteiger charge is -2.09. The fourth-order valence-electron chi connectivity index (χ4n) is 1.52. The average molecular weight is 215 g/mol. The zero-order valence-corrected chi connectivity index (χ0v) is 9.62. The fraction of sp³-hybridized carbons (Fsp3) is 0.429. The Morgan fingerprint density at radius 1 is 1.38 bits per heavy atom. The second kappa shape index (κ2) is 5.58. The Kier molecular flexibility index (Phi) is 3.85. The number of benzene rings is 1. The number of rotatable bonds is 5. The molecule has 1 aliphatic rings. The van der Waals surface area contributed by atoms with Gasteiger partial charge in [0, 0.05) is 18.2 Å². The molecule has 0 spiro atoms. The second-order valence-corrected chi connectivity index (χ2v) is 3.98. The molecule has 0 aliphatic heterocycles. The SMILES string of the molecule is CC#CCOc1ccccc1CNC1CC1. The summed E-state index contributed by atoms with van der Waals surface area (Å²) < 4.78 is 5.62. The molecule has 1 saturated carbocycles. The molecule has 1 aromatic carbocycles. The zero-order chi connectivity index (χ0) is 11.2. The first-order valence-electron chi connectivity index (χ1n) is 5.74. The lowest BCUT2D eigenvalue weighted by molar-refractivity contribution is 0.364. The fourth-order valence-corrected chi connectivity index (χ4v) is 1.52. The first-order chi connectivity index (χ1) is 7.90. The van der Waals surface area contributed by atoms with Crippen LogP contribution in [0.15, 0.2) is 24.3 Å². The molecule has 0 atom stereocenters. The second-order valence-electron chi connectivity index (χ2n) is 3.98. The van der Waals surface area contributed by atoms with E-state index < -0.39 is 0 Å². The number of para-hydroxylation sites is 1. The number of nitrogens with one attached hydrogen (secondary N) is 1. The molecule has 0 heterocycles. The van der Waals surface area contributed by atoms with Gasteiger partial charge in [-0.25, -0.2) is 0 Å². The summed E-state index contributed by atoms with van der Waals surface area (Å²) in [6.07, 6.45) is 2.62. The summed E-state index contributed by atoms with van der Waals surface area (Å²) in [4.78, 5) is 0. The summed E-state index contributed by atoms with van der Waals surface area (Å²) in [5, 5.41) is 3.49. The Morgan fingerprint density at radius 2 is 2.19 bits per heavy atom. The summed E-state index contributed by atoms with van der Waals surface area (Å²) in [7, 11) is 0. The Balaban J connectivity index is 1.93. The van der Waals surface area contributed by atoms with Gasteiger partial charge in [0.15, 0.2) is 0 Å². The summed E-state index contributed by atoms with van der Waals surface area (Å²) in [5.41, 5.74) is 1.22. The third kappa shape index (κ3) is 3.29. The minimum Gasteiger partial charge on any atom is -0.481 e. The van der Waals surface area contributed by atoms with Crippen molar-refractivity contribution in [3.63, 3.8) is 0 Å². The van der Waals surface area contributed by atoms with Crippen LogP contribution in [-0.2, 0) is 6.54 Å². The van der Waals surface area contributed by atoms with Crippen LogP contribution in [-0.4, -0.2) is 12.6 Å². The molecule has 0 radical (unpaired) electrons. The Morgan fingerprint density at radius 3 is 2.94 bits per heavy atom. The van der Waals surface area contributed by atoms with Crippen LogP contribution in [0.1, 0.15) is 25.3 Å². The highest BCUT2D eigenvalue weighted by molar-refractivity contribution is 5.33. The molecule has 2 rings (SSSR count). The molecule has 0 unspecified atom stereocenters. The average Bonchev–Trinajstić information content (AvgIpc) is 3.12. The molecular weight excluding hydrogens is 198 g/mol. The Hall–Kier alpha value is -1.46. The van der Waals surface area contributed by atoms with Gasteiger partial charge in [0.05, 0.1) is 0 Å². The minimum atomic E-state index is 0.469. The van der Waals surface area contributed by atoms with E-state index in [9.17, 15) is 0 Å². The maximum Gasteiger partial charge on any atom is 0.149 e. The Bertz CT molecular complexity index is 399. The summed E-state index contributed by atoms with van der Waals surface area (Å²) in [6, 6.07) is 8.87. The number of hydrogen-bond acceptors (Lipinski definition) is 2. The summed E-state index contributed by atoms with van der Waals surface area (Å²) in [5.74, 6) is 6.68. The molecule has 0 saturated heterocycles. The maximum atomic E-state index is 5.62. The van der Waals surface area contributed by atoms with Gasteiger partial charge in [-0.2, -0.15) is 0 Å². The van der Waals surface area contributed by atoms with Crippen LogP contribution in [0.5, 0.6) is 5.75 Å². The number of hydrogen-bond donors (Lipinski definition) is 1. The molecule has 1 aliphatic carbocycles. The predicted molar refractivity (Wildman–Crippen MR) is 65.2 cm³/mol. The molecule has 1 aromatic rings. The van der Waals surface area contributed by atoms with E-state index in [0.717, 1.165) is 18.3 Å². The van der Waals surface area contributed by atoms with Crippen LogP contribution < -0.4 is 10.1 Å². The van der Waals surface area contributed by atoms with Gasteiger partial charge >= 0.3 is 0 Å². The monoisotopic (exact) mass is 215 g/mol. The molecular formula is C14H17NO. The largest absolute Gasteiger partial charge is 0.481 e. The third-order valence-corrected chi connectivity index (χ3v) is 2.61. The highest BCUT2D eigenvalue weighted by Gasteiger charge is 2.20. The highest BCUT2D eigenvalue weighted by Crippen LogP contribution is 2.22. The topological polar surface area (TPSA) is 21.3 Å². The van der Waals surface area contributed by atoms with Crippen molar-refractivity contribution in [1.82, 2.24) is 5.32 Å². The van der Waals surface area contributed by atoms with E-state index in [1.165, 1.54) is 18.4 Å². The normalized spacial score (nSPS) is 14.1. The molecule has 1 N–H and O–H groups in total. The van der Waals surface area contributed by atoms with E-state index in [4.69, 9.17) is 4.74 Å². The van der Waals surface area contributed by atoms with Gasteiger partial charge < -0.3 is 10.1 Å². The van der Waals surface area contributed by atoms with Crippen molar-refractivity contribution in [2.75, 3.05) is 6.61 Å². The van der Waals surface area contributed by atoms with Crippen LogP contribution in [0.3, 0.4) is 0 Å². The molecule has 0 amide bonds. The van der Waals surface area contributed by atoms with Gasteiger partial charge in [0.2, 0.25) is 0 Å². The lowest BCUT2D eigenvalue weighted by atomic mass is 10.2.